The number of rotatable bonds is 12. The summed E-state index contributed by atoms with van der Waals surface area (Å²) >= 11 is 8.11. The number of thiophene rings is 4. The van der Waals surface area contributed by atoms with Crippen molar-refractivity contribution in [3.63, 3.8) is 0 Å². The van der Waals surface area contributed by atoms with E-state index >= 15 is 0 Å². The van der Waals surface area contributed by atoms with Crippen LogP contribution in [0.1, 0.15) is 87.8 Å². The van der Waals surface area contributed by atoms with E-state index in [0.29, 0.717) is 0 Å². The smallest absolute Gasteiger partial charge is 0.0532 e. The normalized spacial score (nSPS) is 12.3. The van der Waals surface area contributed by atoms with Crippen molar-refractivity contribution in [2.75, 3.05) is 0 Å². The van der Waals surface area contributed by atoms with Crippen LogP contribution in [-0.4, -0.2) is 0 Å². The molecule has 5 rings (SSSR count). The Morgan fingerprint density at radius 3 is 1.34 bits per heavy atom. The van der Waals surface area contributed by atoms with Crippen molar-refractivity contribution in [1.82, 2.24) is 0 Å². The average molecular weight is 499 g/mol. The van der Waals surface area contributed by atoms with Crippen molar-refractivity contribution in [3.05, 3.63) is 34.0 Å². The molecule has 0 saturated carbocycles. The molecular formula is C28H34S4. The zero-order valence-electron chi connectivity index (χ0n) is 19.4. The fraction of sp³-hybridized carbons (Fsp3) is 0.500. The van der Waals surface area contributed by atoms with Gasteiger partial charge in [0, 0.05) is 39.3 Å². The molecule has 0 spiro atoms. The fourth-order valence-corrected chi connectivity index (χ4v) is 9.95. The molecule has 0 aliphatic rings. The van der Waals surface area contributed by atoms with Gasteiger partial charge in [0.1, 0.15) is 0 Å². The van der Waals surface area contributed by atoms with Gasteiger partial charge >= 0.3 is 0 Å². The van der Waals surface area contributed by atoms with Gasteiger partial charge in [-0.25, -0.2) is 0 Å². The Kier molecular flexibility index (Phi) is 7.53. The number of benzene rings is 1. The van der Waals surface area contributed by atoms with Crippen LogP contribution in [-0.2, 0) is 12.8 Å². The molecule has 5 aromatic rings. The van der Waals surface area contributed by atoms with Gasteiger partial charge in [0.25, 0.3) is 0 Å². The lowest BCUT2D eigenvalue weighted by atomic mass is 10.1. The lowest BCUT2D eigenvalue weighted by Gasteiger charge is -1.98. The topological polar surface area (TPSA) is 0 Å². The molecule has 0 nitrogen and oxygen atoms in total. The van der Waals surface area contributed by atoms with Gasteiger partial charge < -0.3 is 0 Å². The molecular weight excluding hydrogens is 465 g/mol. The van der Waals surface area contributed by atoms with Gasteiger partial charge in [-0.05, 0) is 49.9 Å². The summed E-state index contributed by atoms with van der Waals surface area (Å²) in [4.78, 5) is 3.17. The molecule has 0 aliphatic heterocycles. The molecule has 0 unspecified atom stereocenters. The highest BCUT2D eigenvalue weighted by Gasteiger charge is 2.15. The molecule has 4 heterocycles. The quantitative estimate of drug-likeness (QED) is 0.150. The SMILES string of the molecule is CCCCCCCc1cc2sc3cc4c(cc3c2s1)sc1cc(CCCCCCC)sc14. The molecule has 32 heavy (non-hydrogen) atoms. The summed E-state index contributed by atoms with van der Waals surface area (Å²) in [6.45, 7) is 4.59. The number of unbranched alkanes of at least 4 members (excludes halogenated alkanes) is 8. The highest BCUT2D eigenvalue weighted by atomic mass is 32.1. The van der Waals surface area contributed by atoms with E-state index in [2.05, 4.69) is 38.1 Å². The molecule has 0 saturated heterocycles. The molecule has 4 heteroatoms. The Balaban J connectivity index is 1.35. The molecule has 0 radical (unpaired) electrons. The fourth-order valence-electron chi connectivity index (χ4n) is 4.74. The van der Waals surface area contributed by atoms with E-state index in [9.17, 15) is 0 Å². The molecule has 0 atom stereocenters. The van der Waals surface area contributed by atoms with Gasteiger partial charge in [-0.1, -0.05) is 65.2 Å². The van der Waals surface area contributed by atoms with Crippen molar-refractivity contribution >= 4 is 84.3 Å². The monoisotopic (exact) mass is 498 g/mol. The molecule has 170 valence electrons. The standard InChI is InChI=1S/C28H34S4/c1-3-5-7-9-11-13-19-15-25-27(29-19)21-17-24-22(18-23(21)31-25)28-26(32-24)16-20(30-28)14-12-10-8-6-4-2/h15-18H,3-14H2,1-2H3. The van der Waals surface area contributed by atoms with Gasteiger partial charge in [0.05, 0.1) is 9.40 Å². The van der Waals surface area contributed by atoms with E-state index in [-0.39, 0.29) is 0 Å². The first kappa shape index (κ1) is 22.8. The highest BCUT2D eigenvalue weighted by Crippen LogP contribution is 2.46. The van der Waals surface area contributed by atoms with Crippen LogP contribution in [0.5, 0.6) is 0 Å². The number of aryl methyl sites for hydroxylation is 2. The zero-order valence-corrected chi connectivity index (χ0v) is 22.7. The van der Waals surface area contributed by atoms with Gasteiger partial charge in [0.15, 0.2) is 0 Å². The van der Waals surface area contributed by atoms with E-state index in [1.54, 1.807) is 9.75 Å². The van der Waals surface area contributed by atoms with Crippen molar-refractivity contribution in [3.8, 4) is 0 Å². The van der Waals surface area contributed by atoms with Gasteiger partial charge in [-0.15, -0.1) is 45.3 Å². The van der Waals surface area contributed by atoms with Crippen LogP contribution in [0.2, 0.25) is 0 Å². The Morgan fingerprint density at radius 1 is 0.469 bits per heavy atom. The predicted octanol–water partition coefficient (Wildman–Crippen LogP) is 11.6. The molecule has 4 aromatic heterocycles. The summed E-state index contributed by atoms with van der Waals surface area (Å²) in [5.41, 5.74) is 0. The Bertz CT molecular complexity index is 1210. The van der Waals surface area contributed by atoms with Crippen molar-refractivity contribution in [2.24, 2.45) is 0 Å². The van der Waals surface area contributed by atoms with Crippen LogP contribution in [0.15, 0.2) is 24.3 Å². The third-order valence-electron chi connectivity index (χ3n) is 6.56. The maximum Gasteiger partial charge on any atom is 0.0532 e. The highest BCUT2D eigenvalue weighted by molar-refractivity contribution is 7.34. The minimum Gasteiger partial charge on any atom is -0.139 e. The second kappa shape index (κ2) is 10.5. The second-order valence-corrected chi connectivity index (χ2v) is 13.6. The zero-order chi connectivity index (χ0) is 21.9. The number of fused-ring (bicyclic) bond motifs is 6. The summed E-state index contributed by atoms with van der Waals surface area (Å²) in [5, 5.41) is 2.98. The molecule has 0 amide bonds. The third-order valence-corrected chi connectivity index (χ3v) is 11.5. The maximum atomic E-state index is 2.49. The second-order valence-electron chi connectivity index (χ2n) is 9.19. The first-order chi connectivity index (χ1) is 15.8. The van der Waals surface area contributed by atoms with Crippen LogP contribution in [0.25, 0.3) is 39.0 Å². The first-order valence-corrected chi connectivity index (χ1v) is 15.8. The van der Waals surface area contributed by atoms with Crippen LogP contribution in [0.4, 0.5) is 0 Å². The first-order valence-electron chi connectivity index (χ1n) is 12.6. The van der Waals surface area contributed by atoms with Crippen LogP contribution >= 0.6 is 45.3 Å². The Hall–Kier alpha value is -0.940. The Labute approximate surface area is 208 Å². The summed E-state index contributed by atoms with van der Waals surface area (Å²) in [5.74, 6) is 0. The van der Waals surface area contributed by atoms with Gasteiger partial charge in [-0.3, -0.25) is 0 Å². The molecule has 1 aromatic carbocycles. The van der Waals surface area contributed by atoms with E-state index < -0.39 is 0 Å². The van der Waals surface area contributed by atoms with Crippen LogP contribution < -0.4 is 0 Å². The summed E-state index contributed by atoms with van der Waals surface area (Å²) in [6.07, 6.45) is 16.2. The van der Waals surface area contributed by atoms with Crippen LogP contribution in [0, 0.1) is 0 Å². The molecule has 0 bridgehead atoms. The van der Waals surface area contributed by atoms with Crippen molar-refractivity contribution in [2.45, 2.75) is 90.9 Å². The van der Waals surface area contributed by atoms with Gasteiger partial charge in [0.2, 0.25) is 0 Å². The van der Waals surface area contributed by atoms with E-state index in [4.69, 9.17) is 0 Å². The predicted molar refractivity (Wildman–Crippen MR) is 153 cm³/mol. The maximum absolute atomic E-state index is 2.49. The summed E-state index contributed by atoms with van der Waals surface area (Å²) in [6, 6.07) is 9.95. The largest absolute Gasteiger partial charge is 0.139 e. The molecule has 0 aliphatic carbocycles. The van der Waals surface area contributed by atoms with E-state index in [1.807, 2.05) is 45.3 Å². The van der Waals surface area contributed by atoms with Crippen LogP contribution in [0.3, 0.4) is 0 Å². The lowest BCUT2D eigenvalue weighted by molar-refractivity contribution is 0.634. The van der Waals surface area contributed by atoms with E-state index in [0.717, 1.165) is 0 Å². The van der Waals surface area contributed by atoms with Gasteiger partial charge in [-0.2, -0.15) is 0 Å². The average Bonchev–Trinajstić information content (AvgIpc) is 3.51. The number of hydrogen-bond acceptors (Lipinski definition) is 4. The third kappa shape index (κ3) is 4.80. The summed E-state index contributed by atoms with van der Waals surface area (Å²) < 4.78 is 9.01. The van der Waals surface area contributed by atoms with Crippen molar-refractivity contribution in [1.29, 1.82) is 0 Å². The minimum absolute atomic E-state index is 1.26. The molecule has 0 N–H and O–H groups in total. The van der Waals surface area contributed by atoms with E-state index in [1.165, 1.54) is 116 Å². The minimum atomic E-state index is 1.26. The number of hydrogen-bond donors (Lipinski definition) is 0. The summed E-state index contributed by atoms with van der Waals surface area (Å²) in [7, 11) is 0. The Morgan fingerprint density at radius 2 is 0.906 bits per heavy atom. The molecule has 0 fully saturated rings. The van der Waals surface area contributed by atoms with Crippen molar-refractivity contribution < 1.29 is 0 Å². The lowest BCUT2D eigenvalue weighted by Crippen LogP contribution is -1.81.